The van der Waals surface area contributed by atoms with Crippen LogP contribution in [0.15, 0.2) is 18.2 Å². The molecule has 3 atom stereocenters. The van der Waals surface area contributed by atoms with Gasteiger partial charge in [0.25, 0.3) is 0 Å². The van der Waals surface area contributed by atoms with Crippen molar-refractivity contribution < 1.29 is 31.4 Å². The smallest absolute Gasteiger partial charge is 0.417 e. The zero-order valence-corrected chi connectivity index (χ0v) is 24.3. The summed E-state index contributed by atoms with van der Waals surface area (Å²) in [5.41, 5.74) is 2.16. The molecule has 7 rings (SSSR count). The molecule has 14 heteroatoms. The predicted octanol–water partition coefficient (Wildman–Crippen LogP) is 4.61. The van der Waals surface area contributed by atoms with E-state index in [0.717, 1.165) is 50.9 Å². The lowest BCUT2D eigenvalue weighted by Gasteiger charge is -2.38. The minimum absolute atomic E-state index is 0.106. The predicted molar refractivity (Wildman–Crippen MR) is 154 cm³/mol. The molecule has 3 saturated heterocycles. The van der Waals surface area contributed by atoms with Gasteiger partial charge in [0.2, 0.25) is 5.88 Å². The van der Waals surface area contributed by atoms with E-state index in [1.807, 2.05) is 4.90 Å². The molecule has 1 unspecified atom stereocenters. The van der Waals surface area contributed by atoms with Crippen molar-refractivity contribution in [2.45, 2.75) is 57.0 Å². The molecule has 3 N–H and O–H groups in total. The quantitative estimate of drug-likeness (QED) is 0.247. The molecule has 6 heterocycles. The van der Waals surface area contributed by atoms with E-state index in [0.29, 0.717) is 25.5 Å². The van der Waals surface area contributed by atoms with E-state index in [4.69, 9.17) is 20.2 Å². The molecule has 234 valence electrons. The number of ether oxygens (including phenoxy) is 2. The first-order chi connectivity index (χ1) is 20.9. The van der Waals surface area contributed by atoms with Crippen molar-refractivity contribution in [2.24, 2.45) is 0 Å². The van der Waals surface area contributed by atoms with Crippen LogP contribution in [-0.2, 0) is 6.18 Å². The van der Waals surface area contributed by atoms with Gasteiger partial charge in [0.15, 0.2) is 5.82 Å². The van der Waals surface area contributed by atoms with Crippen molar-refractivity contribution in [1.29, 1.82) is 0 Å². The zero-order chi connectivity index (χ0) is 31.1. The Morgan fingerprint density at radius 3 is 2.77 bits per heavy atom. The fourth-order valence-corrected chi connectivity index (χ4v) is 7.32. The van der Waals surface area contributed by atoms with Gasteiger partial charge in [-0.25, -0.2) is 13.8 Å². The first-order valence-electron chi connectivity index (χ1n) is 14.6. The normalized spacial score (nSPS) is 25.2. The second kappa shape index (κ2) is 10.1. The van der Waals surface area contributed by atoms with Gasteiger partial charge in [-0.3, -0.25) is 4.90 Å². The van der Waals surface area contributed by atoms with Crippen LogP contribution in [0, 0.1) is 18.6 Å². The molecule has 44 heavy (non-hydrogen) atoms. The number of benzene rings is 1. The van der Waals surface area contributed by atoms with Crippen LogP contribution >= 0.6 is 0 Å². The lowest BCUT2D eigenvalue weighted by Crippen LogP contribution is -2.56. The number of hydrogen-bond donors (Lipinski definition) is 2. The Morgan fingerprint density at radius 1 is 1.20 bits per heavy atom. The average molecular weight is 618 g/mol. The van der Waals surface area contributed by atoms with Crippen molar-refractivity contribution >= 4 is 22.4 Å². The van der Waals surface area contributed by atoms with Crippen molar-refractivity contribution in [2.75, 3.05) is 50.0 Å². The SMILES string of the molecule is C=C1CN2CCCC2(COc2nc3c4c(nc(-c5cc(N)c(F)c(C)c5C(F)(F)F)c(F)c4n2)O[C@@H](C)[C@@H]2CNCCN32)C1. The van der Waals surface area contributed by atoms with Crippen molar-refractivity contribution in [1.82, 2.24) is 25.2 Å². The van der Waals surface area contributed by atoms with Crippen molar-refractivity contribution in [3.05, 3.63) is 41.0 Å². The van der Waals surface area contributed by atoms with Gasteiger partial charge in [0, 0.05) is 31.7 Å². The maximum absolute atomic E-state index is 16.6. The van der Waals surface area contributed by atoms with Gasteiger partial charge in [0.05, 0.1) is 22.8 Å². The Kier molecular flexibility index (Phi) is 6.66. The first-order valence-corrected chi connectivity index (χ1v) is 14.6. The minimum Gasteiger partial charge on any atom is -0.472 e. The molecule has 4 aliphatic heterocycles. The Morgan fingerprint density at radius 2 is 2.00 bits per heavy atom. The van der Waals surface area contributed by atoms with Gasteiger partial charge in [-0.05, 0) is 51.3 Å². The summed E-state index contributed by atoms with van der Waals surface area (Å²) in [4.78, 5) is 17.7. The summed E-state index contributed by atoms with van der Waals surface area (Å²) in [5, 5.41) is 3.45. The lowest BCUT2D eigenvalue weighted by molar-refractivity contribution is -0.137. The Hall–Kier alpha value is -3.78. The van der Waals surface area contributed by atoms with Crippen molar-refractivity contribution in [3.8, 4) is 23.1 Å². The third-order valence-corrected chi connectivity index (χ3v) is 9.38. The molecule has 4 aliphatic rings. The number of nitrogens with zero attached hydrogens (tertiary/aromatic N) is 5. The van der Waals surface area contributed by atoms with Gasteiger partial charge < -0.3 is 25.4 Å². The topological polar surface area (TPSA) is 102 Å². The highest BCUT2D eigenvalue weighted by atomic mass is 19.4. The molecule has 0 saturated carbocycles. The van der Waals surface area contributed by atoms with Gasteiger partial charge in [-0.2, -0.15) is 23.1 Å². The highest BCUT2D eigenvalue weighted by molar-refractivity contribution is 5.97. The Balaban J connectivity index is 1.44. The van der Waals surface area contributed by atoms with Gasteiger partial charge in [-0.1, -0.05) is 12.2 Å². The maximum Gasteiger partial charge on any atom is 0.417 e. The van der Waals surface area contributed by atoms with Gasteiger partial charge in [0.1, 0.15) is 40.9 Å². The number of rotatable bonds is 4. The van der Waals surface area contributed by atoms with Crippen LogP contribution in [0.4, 0.5) is 33.5 Å². The van der Waals surface area contributed by atoms with Crippen LogP contribution in [0.3, 0.4) is 0 Å². The molecule has 3 aromatic rings. The summed E-state index contributed by atoms with van der Waals surface area (Å²) in [6, 6.07) is 0.404. The zero-order valence-electron chi connectivity index (χ0n) is 24.3. The van der Waals surface area contributed by atoms with E-state index in [1.54, 1.807) is 6.92 Å². The fraction of sp³-hybridized carbons (Fsp3) is 0.500. The van der Waals surface area contributed by atoms with Crippen LogP contribution in [0.5, 0.6) is 11.9 Å². The fourth-order valence-electron chi connectivity index (χ4n) is 7.32. The number of aromatic nitrogens is 3. The molecule has 1 aromatic carbocycles. The summed E-state index contributed by atoms with van der Waals surface area (Å²) >= 11 is 0. The lowest BCUT2D eigenvalue weighted by atomic mass is 9.94. The molecular formula is C30H32F5N7O2. The molecule has 9 nitrogen and oxygen atoms in total. The maximum atomic E-state index is 16.6. The highest BCUT2D eigenvalue weighted by Crippen LogP contribution is 2.47. The van der Waals surface area contributed by atoms with E-state index in [1.165, 1.54) is 0 Å². The number of nitrogens with two attached hydrogens (primary N) is 1. The highest BCUT2D eigenvalue weighted by Gasteiger charge is 2.47. The average Bonchev–Trinajstić information content (AvgIpc) is 3.46. The van der Waals surface area contributed by atoms with E-state index in [-0.39, 0.29) is 41.0 Å². The molecule has 0 radical (unpaired) electrons. The van der Waals surface area contributed by atoms with Crippen LogP contribution in [0.25, 0.3) is 22.2 Å². The summed E-state index contributed by atoms with van der Waals surface area (Å²) in [6.07, 6.45) is -2.87. The number of anilines is 2. The van der Waals surface area contributed by atoms with E-state index >= 15 is 4.39 Å². The first kappa shape index (κ1) is 29.0. The third-order valence-electron chi connectivity index (χ3n) is 9.38. The van der Waals surface area contributed by atoms with Crippen LogP contribution < -0.4 is 25.4 Å². The molecular weight excluding hydrogens is 585 g/mol. The van der Waals surface area contributed by atoms with E-state index in [9.17, 15) is 17.6 Å². The number of fused-ring (bicyclic) bond motifs is 3. The summed E-state index contributed by atoms with van der Waals surface area (Å²) in [6.45, 7) is 10.5. The number of hydrogen-bond acceptors (Lipinski definition) is 9. The molecule has 0 spiro atoms. The number of halogens is 5. The minimum atomic E-state index is -5.03. The molecule has 0 amide bonds. The Labute approximate surface area is 250 Å². The van der Waals surface area contributed by atoms with Gasteiger partial charge >= 0.3 is 12.2 Å². The summed E-state index contributed by atoms with van der Waals surface area (Å²) < 4.78 is 86.6. The van der Waals surface area contributed by atoms with E-state index < -0.39 is 52.0 Å². The Bertz CT molecular complexity index is 1700. The number of nitrogens with one attached hydrogen (secondary N) is 1. The van der Waals surface area contributed by atoms with Crippen LogP contribution in [0.1, 0.15) is 37.3 Å². The third kappa shape index (κ3) is 4.44. The molecule has 2 aromatic heterocycles. The molecule has 0 bridgehead atoms. The molecule has 0 aliphatic carbocycles. The summed E-state index contributed by atoms with van der Waals surface area (Å²) in [5.74, 6) is -2.17. The number of piperazine rings is 1. The second-order valence-corrected chi connectivity index (χ2v) is 12.2. The molecule has 3 fully saturated rings. The standard InChI is InChI=1S/C30H32F5N7O2/c1-14-10-29(5-4-7-41(29)12-14)13-43-28-39-25-20-26(40-28)42-8-6-37-11-19(42)16(3)44-27(20)38-24(23(25)32)17-9-18(36)22(31)15(2)21(17)30(33,34)35/h9,16,19,37H,1,4-8,10-13,36H2,2-3H3/t16-,19-,29?/m0/s1. The number of alkyl halides is 3. The van der Waals surface area contributed by atoms with Gasteiger partial charge in [-0.15, -0.1) is 0 Å². The van der Waals surface area contributed by atoms with Crippen LogP contribution in [-0.4, -0.2) is 76.9 Å². The largest absolute Gasteiger partial charge is 0.472 e. The van der Waals surface area contributed by atoms with E-state index in [2.05, 4.69) is 26.8 Å². The van der Waals surface area contributed by atoms with Crippen molar-refractivity contribution in [3.63, 3.8) is 0 Å². The second-order valence-electron chi connectivity index (χ2n) is 12.2. The monoisotopic (exact) mass is 617 g/mol. The summed E-state index contributed by atoms with van der Waals surface area (Å²) in [7, 11) is 0. The van der Waals surface area contributed by atoms with Crippen LogP contribution in [0.2, 0.25) is 0 Å². The number of pyridine rings is 1. The number of nitrogen functional groups attached to an aromatic ring is 1.